The highest BCUT2D eigenvalue weighted by atomic mass is 35.5. The van der Waals surface area contributed by atoms with E-state index in [1.807, 2.05) is 24.3 Å². The highest BCUT2D eigenvalue weighted by Crippen LogP contribution is 2.29. The molecule has 0 radical (unpaired) electrons. The van der Waals surface area contributed by atoms with E-state index >= 15 is 0 Å². The second-order valence-electron chi connectivity index (χ2n) is 4.70. The van der Waals surface area contributed by atoms with Crippen molar-refractivity contribution in [2.75, 3.05) is 0 Å². The van der Waals surface area contributed by atoms with Gasteiger partial charge in [0.15, 0.2) is 6.29 Å². The van der Waals surface area contributed by atoms with Crippen LogP contribution in [0.15, 0.2) is 60.7 Å². The van der Waals surface area contributed by atoms with Crippen LogP contribution in [0.3, 0.4) is 0 Å². The molecule has 0 heterocycles. The Morgan fingerprint density at radius 1 is 0.952 bits per heavy atom. The molecule has 0 saturated carbocycles. The summed E-state index contributed by atoms with van der Waals surface area (Å²) in [5.41, 5.74) is 1.52. The minimum absolute atomic E-state index is 0.367. The third-order valence-corrected chi connectivity index (χ3v) is 3.67. The standard InChI is InChI=1S/C18H13ClO2/c19-17-10-4-7-14(11-20)18(17)21-12-15-8-3-6-13-5-1-2-9-16(13)15/h1-11H,12H2. The lowest BCUT2D eigenvalue weighted by Crippen LogP contribution is -1.99. The monoisotopic (exact) mass is 296 g/mol. The number of para-hydroxylation sites is 1. The van der Waals surface area contributed by atoms with Crippen molar-refractivity contribution < 1.29 is 9.53 Å². The molecule has 0 amide bonds. The molecule has 0 aliphatic carbocycles. The van der Waals surface area contributed by atoms with Gasteiger partial charge in [0, 0.05) is 0 Å². The van der Waals surface area contributed by atoms with Gasteiger partial charge < -0.3 is 4.74 Å². The number of halogens is 1. The molecule has 3 aromatic rings. The van der Waals surface area contributed by atoms with Crippen molar-refractivity contribution in [3.05, 3.63) is 76.8 Å². The van der Waals surface area contributed by atoms with E-state index < -0.39 is 0 Å². The molecule has 0 aromatic heterocycles. The van der Waals surface area contributed by atoms with Gasteiger partial charge in [0.25, 0.3) is 0 Å². The average Bonchev–Trinajstić information content (AvgIpc) is 2.53. The van der Waals surface area contributed by atoms with Crippen molar-refractivity contribution >= 4 is 28.7 Å². The summed E-state index contributed by atoms with van der Waals surface area (Å²) in [6.45, 7) is 0.367. The van der Waals surface area contributed by atoms with Gasteiger partial charge in [-0.05, 0) is 28.5 Å². The summed E-state index contributed by atoms with van der Waals surface area (Å²) in [6.07, 6.45) is 0.754. The van der Waals surface area contributed by atoms with Gasteiger partial charge in [-0.1, -0.05) is 60.1 Å². The number of rotatable bonds is 4. The predicted molar refractivity (Wildman–Crippen MR) is 85.1 cm³/mol. The van der Waals surface area contributed by atoms with E-state index in [1.165, 1.54) is 0 Å². The molecule has 0 aliphatic rings. The van der Waals surface area contributed by atoms with Gasteiger partial charge in [-0.3, -0.25) is 4.79 Å². The molecule has 3 aromatic carbocycles. The van der Waals surface area contributed by atoms with E-state index in [-0.39, 0.29) is 0 Å². The first kappa shape index (κ1) is 13.7. The number of hydrogen-bond donors (Lipinski definition) is 0. The molecule has 3 heteroatoms. The molecule has 0 spiro atoms. The second kappa shape index (κ2) is 5.98. The lowest BCUT2D eigenvalue weighted by Gasteiger charge is -2.12. The van der Waals surface area contributed by atoms with E-state index in [4.69, 9.17) is 16.3 Å². The van der Waals surface area contributed by atoms with Gasteiger partial charge in [0.05, 0.1) is 10.6 Å². The summed E-state index contributed by atoms with van der Waals surface area (Å²) in [5.74, 6) is 0.433. The molecule has 21 heavy (non-hydrogen) atoms. The van der Waals surface area contributed by atoms with E-state index in [0.29, 0.717) is 22.9 Å². The van der Waals surface area contributed by atoms with Crippen LogP contribution >= 0.6 is 11.6 Å². The van der Waals surface area contributed by atoms with Gasteiger partial charge in [-0.25, -0.2) is 0 Å². The number of carbonyl (C=O) groups excluding carboxylic acids is 1. The first-order valence-electron chi connectivity index (χ1n) is 6.63. The SMILES string of the molecule is O=Cc1cccc(Cl)c1OCc1cccc2ccccc12. The second-order valence-corrected chi connectivity index (χ2v) is 5.11. The summed E-state index contributed by atoms with van der Waals surface area (Å²) in [6, 6.07) is 19.3. The summed E-state index contributed by atoms with van der Waals surface area (Å²) in [7, 11) is 0. The third-order valence-electron chi connectivity index (χ3n) is 3.38. The first-order valence-corrected chi connectivity index (χ1v) is 7.00. The maximum absolute atomic E-state index is 11.1. The summed E-state index contributed by atoms with van der Waals surface area (Å²) < 4.78 is 5.79. The Kier molecular flexibility index (Phi) is 3.89. The Morgan fingerprint density at radius 3 is 2.57 bits per heavy atom. The average molecular weight is 297 g/mol. The number of aldehydes is 1. The fourth-order valence-electron chi connectivity index (χ4n) is 2.34. The van der Waals surface area contributed by atoms with Crippen LogP contribution < -0.4 is 4.74 Å². The zero-order chi connectivity index (χ0) is 14.7. The lowest BCUT2D eigenvalue weighted by molar-refractivity contribution is 0.111. The molecule has 2 nitrogen and oxygen atoms in total. The van der Waals surface area contributed by atoms with E-state index in [2.05, 4.69) is 18.2 Å². The quantitative estimate of drug-likeness (QED) is 0.641. The Balaban J connectivity index is 1.93. The lowest BCUT2D eigenvalue weighted by atomic mass is 10.1. The van der Waals surface area contributed by atoms with E-state index in [9.17, 15) is 4.79 Å². The predicted octanol–water partition coefficient (Wildman–Crippen LogP) is 4.88. The van der Waals surface area contributed by atoms with Gasteiger partial charge in [-0.2, -0.15) is 0 Å². The van der Waals surface area contributed by atoms with Gasteiger partial charge >= 0.3 is 0 Å². The fourth-order valence-corrected chi connectivity index (χ4v) is 2.58. The molecular weight excluding hydrogens is 284 g/mol. The summed E-state index contributed by atoms with van der Waals surface area (Å²) in [4.78, 5) is 11.1. The number of ether oxygens (including phenoxy) is 1. The van der Waals surface area contributed by atoms with Crippen LogP contribution in [0.2, 0.25) is 5.02 Å². The zero-order valence-electron chi connectivity index (χ0n) is 11.3. The molecule has 0 aliphatic heterocycles. The highest BCUT2D eigenvalue weighted by Gasteiger charge is 2.09. The van der Waals surface area contributed by atoms with Crippen LogP contribution in [-0.4, -0.2) is 6.29 Å². The van der Waals surface area contributed by atoms with Crippen LogP contribution in [0.1, 0.15) is 15.9 Å². The molecule has 0 fully saturated rings. The van der Waals surface area contributed by atoms with Crippen molar-refractivity contribution in [1.29, 1.82) is 0 Å². The number of benzene rings is 3. The van der Waals surface area contributed by atoms with Gasteiger partial charge in [0.2, 0.25) is 0 Å². The molecule has 0 bridgehead atoms. The number of fused-ring (bicyclic) bond motifs is 1. The fraction of sp³-hybridized carbons (Fsp3) is 0.0556. The third kappa shape index (κ3) is 2.76. The molecule has 0 atom stereocenters. The van der Waals surface area contributed by atoms with Crippen LogP contribution in [0, 0.1) is 0 Å². The minimum Gasteiger partial charge on any atom is -0.487 e. The number of carbonyl (C=O) groups is 1. The summed E-state index contributed by atoms with van der Waals surface area (Å²) >= 11 is 6.11. The maximum Gasteiger partial charge on any atom is 0.153 e. The highest BCUT2D eigenvalue weighted by molar-refractivity contribution is 6.32. The summed E-state index contributed by atoms with van der Waals surface area (Å²) in [5, 5.41) is 2.74. The van der Waals surface area contributed by atoms with Crippen molar-refractivity contribution in [3.8, 4) is 5.75 Å². The van der Waals surface area contributed by atoms with Crippen LogP contribution in [0.4, 0.5) is 0 Å². The molecule has 3 rings (SSSR count). The Hall–Kier alpha value is -2.32. The molecule has 0 N–H and O–H groups in total. The molecule has 104 valence electrons. The molecule has 0 saturated heterocycles. The van der Waals surface area contributed by atoms with Crippen LogP contribution in [0.25, 0.3) is 10.8 Å². The van der Waals surface area contributed by atoms with Crippen molar-refractivity contribution in [2.24, 2.45) is 0 Å². The number of hydrogen-bond acceptors (Lipinski definition) is 2. The van der Waals surface area contributed by atoms with E-state index in [0.717, 1.165) is 22.6 Å². The van der Waals surface area contributed by atoms with Crippen molar-refractivity contribution in [2.45, 2.75) is 6.61 Å². The van der Waals surface area contributed by atoms with Crippen LogP contribution in [-0.2, 0) is 6.61 Å². The Bertz CT molecular complexity index is 791. The van der Waals surface area contributed by atoms with Gasteiger partial charge in [0.1, 0.15) is 12.4 Å². The van der Waals surface area contributed by atoms with Crippen molar-refractivity contribution in [1.82, 2.24) is 0 Å². The smallest absolute Gasteiger partial charge is 0.153 e. The molecule has 0 unspecified atom stereocenters. The Morgan fingerprint density at radius 2 is 1.71 bits per heavy atom. The minimum atomic E-state index is 0.367. The normalized spacial score (nSPS) is 10.5. The van der Waals surface area contributed by atoms with Gasteiger partial charge in [-0.15, -0.1) is 0 Å². The largest absolute Gasteiger partial charge is 0.487 e. The Labute approximate surface area is 127 Å². The van der Waals surface area contributed by atoms with Crippen LogP contribution in [0.5, 0.6) is 5.75 Å². The molecular formula is C18H13ClO2. The zero-order valence-corrected chi connectivity index (χ0v) is 12.0. The topological polar surface area (TPSA) is 26.3 Å². The maximum atomic E-state index is 11.1. The van der Waals surface area contributed by atoms with Crippen molar-refractivity contribution in [3.63, 3.8) is 0 Å². The van der Waals surface area contributed by atoms with E-state index in [1.54, 1.807) is 18.2 Å². The first-order chi connectivity index (χ1) is 10.3.